The van der Waals surface area contributed by atoms with Gasteiger partial charge in [0.15, 0.2) is 6.10 Å². The second kappa shape index (κ2) is 8.18. The standard InChI is InChI=1S/C19H22N4O5S/c1-12-7-15-16(28-13(2)19(25)22-15)8-17(12)29(26,27)23(3)11-18(24)21-10-14-5-4-6-20-9-14/h4-9,13H,10-11H2,1-3H3,(H,21,24)(H,22,25)/t13-/m1/s1. The van der Waals surface area contributed by atoms with Gasteiger partial charge in [-0.3, -0.25) is 14.6 Å². The molecule has 1 aliphatic rings. The number of carbonyl (C=O) groups is 2. The van der Waals surface area contributed by atoms with Crippen molar-refractivity contribution in [2.45, 2.75) is 31.4 Å². The van der Waals surface area contributed by atoms with Crippen LogP contribution in [0.2, 0.25) is 0 Å². The summed E-state index contributed by atoms with van der Waals surface area (Å²) in [7, 11) is -2.61. The van der Waals surface area contributed by atoms with Gasteiger partial charge in [0.25, 0.3) is 5.91 Å². The van der Waals surface area contributed by atoms with Crippen LogP contribution in [0.25, 0.3) is 0 Å². The van der Waals surface area contributed by atoms with Crippen LogP contribution in [0.15, 0.2) is 41.6 Å². The van der Waals surface area contributed by atoms with Crippen molar-refractivity contribution in [2.24, 2.45) is 0 Å². The molecule has 0 aliphatic carbocycles. The van der Waals surface area contributed by atoms with Crippen LogP contribution in [0.4, 0.5) is 5.69 Å². The fraction of sp³-hybridized carbons (Fsp3) is 0.316. The third-order valence-corrected chi connectivity index (χ3v) is 6.42. The van der Waals surface area contributed by atoms with Crippen LogP contribution in [0.5, 0.6) is 5.75 Å². The number of likely N-dealkylation sites (N-methyl/N-ethyl adjacent to an activating group) is 1. The van der Waals surface area contributed by atoms with Crippen LogP contribution in [0.1, 0.15) is 18.1 Å². The van der Waals surface area contributed by atoms with Gasteiger partial charge in [-0.1, -0.05) is 6.07 Å². The molecule has 0 radical (unpaired) electrons. The van der Waals surface area contributed by atoms with Crippen LogP contribution < -0.4 is 15.4 Å². The number of ether oxygens (including phenoxy) is 1. The normalized spacial score (nSPS) is 16.0. The number of amides is 2. The zero-order chi connectivity index (χ0) is 21.2. The van der Waals surface area contributed by atoms with E-state index in [1.807, 2.05) is 6.07 Å². The maximum absolute atomic E-state index is 13.0. The van der Waals surface area contributed by atoms with Gasteiger partial charge in [-0.05, 0) is 37.1 Å². The fourth-order valence-corrected chi connectivity index (χ4v) is 4.18. The third kappa shape index (κ3) is 4.54. The molecular formula is C19H22N4O5S. The average molecular weight is 418 g/mol. The minimum absolute atomic E-state index is 0.0159. The molecule has 3 rings (SSSR count). The molecule has 1 aliphatic heterocycles. The molecule has 154 valence electrons. The molecule has 0 unspecified atom stereocenters. The fourth-order valence-electron chi connectivity index (χ4n) is 2.84. The van der Waals surface area contributed by atoms with Gasteiger partial charge >= 0.3 is 0 Å². The van der Waals surface area contributed by atoms with E-state index < -0.39 is 22.0 Å². The Kier molecular flexibility index (Phi) is 5.85. The summed E-state index contributed by atoms with van der Waals surface area (Å²) in [5.74, 6) is -0.460. The van der Waals surface area contributed by atoms with E-state index >= 15 is 0 Å². The first kappa shape index (κ1) is 20.7. The zero-order valence-corrected chi connectivity index (χ0v) is 17.1. The Morgan fingerprint density at radius 1 is 1.38 bits per heavy atom. The van der Waals surface area contributed by atoms with Gasteiger partial charge < -0.3 is 15.4 Å². The van der Waals surface area contributed by atoms with Gasteiger partial charge in [0, 0.05) is 32.1 Å². The molecule has 10 heteroatoms. The lowest BCUT2D eigenvalue weighted by molar-refractivity contribution is -0.123. The minimum Gasteiger partial charge on any atom is -0.479 e. The molecule has 2 amide bonds. The number of sulfonamides is 1. The van der Waals surface area contributed by atoms with Crippen molar-refractivity contribution < 1.29 is 22.7 Å². The second-order valence-corrected chi connectivity index (χ2v) is 8.78. The Hall–Kier alpha value is -2.98. The Bertz CT molecular complexity index is 1040. The van der Waals surface area contributed by atoms with Crippen LogP contribution >= 0.6 is 0 Å². The summed E-state index contributed by atoms with van der Waals surface area (Å²) >= 11 is 0. The maximum atomic E-state index is 13.0. The summed E-state index contributed by atoms with van der Waals surface area (Å²) < 4.78 is 32.5. The molecule has 9 nitrogen and oxygen atoms in total. The summed E-state index contributed by atoms with van der Waals surface area (Å²) in [5.41, 5.74) is 1.66. The van der Waals surface area contributed by atoms with Crippen molar-refractivity contribution in [3.05, 3.63) is 47.8 Å². The Morgan fingerprint density at radius 2 is 2.14 bits per heavy atom. The minimum atomic E-state index is -3.94. The first-order chi connectivity index (χ1) is 13.7. The molecule has 2 aromatic rings. The highest BCUT2D eigenvalue weighted by Gasteiger charge is 2.30. The van der Waals surface area contributed by atoms with Gasteiger partial charge in [0.05, 0.1) is 17.1 Å². The molecule has 1 aromatic heterocycles. The SMILES string of the molecule is Cc1cc2c(cc1S(=O)(=O)N(C)CC(=O)NCc1cccnc1)O[C@H](C)C(=O)N2. The number of nitrogens with one attached hydrogen (secondary N) is 2. The van der Waals surface area contributed by atoms with E-state index in [4.69, 9.17) is 4.74 Å². The van der Waals surface area contributed by atoms with Gasteiger partial charge in [-0.25, -0.2) is 8.42 Å². The number of aromatic nitrogens is 1. The van der Waals surface area contributed by atoms with Gasteiger partial charge in [0.2, 0.25) is 15.9 Å². The summed E-state index contributed by atoms with van der Waals surface area (Å²) in [6, 6.07) is 6.48. The van der Waals surface area contributed by atoms with E-state index in [1.54, 1.807) is 38.4 Å². The number of hydrogen-bond acceptors (Lipinski definition) is 6. The number of anilines is 1. The number of benzene rings is 1. The molecule has 0 saturated carbocycles. The predicted octanol–water partition coefficient (Wildman–Crippen LogP) is 1.05. The van der Waals surface area contributed by atoms with Gasteiger partial charge in [0.1, 0.15) is 5.75 Å². The highest BCUT2D eigenvalue weighted by molar-refractivity contribution is 7.89. The van der Waals surface area contributed by atoms with Crippen LogP contribution in [0.3, 0.4) is 0 Å². The lowest BCUT2D eigenvalue weighted by atomic mass is 10.1. The topological polar surface area (TPSA) is 118 Å². The highest BCUT2D eigenvalue weighted by atomic mass is 32.2. The molecule has 0 bridgehead atoms. The summed E-state index contributed by atoms with van der Waals surface area (Å²) in [4.78, 5) is 27.9. The van der Waals surface area contributed by atoms with E-state index in [-0.39, 0.29) is 29.6 Å². The molecule has 2 N–H and O–H groups in total. The maximum Gasteiger partial charge on any atom is 0.265 e. The van der Waals surface area contributed by atoms with Gasteiger partial charge in [-0.2, -0.15) is 4.31 Å². The van der Waals surface area contributed by atoms with Crippen molar-refractivity contribution >= 4 is 27.5 Å². The highest BCUT2D eigenvalue weighted by Crippen LogP contribution is 2.35. The number of carbonyl (C=O) groups excluding carboxylic acids is 2. The van der Waals surface area contributed by atoms with E-state index in [1.165, 1.54) is 13.1 Å². The van der Waals surface area contributed by atoms with E-state index in [9.17, 15) is 18.0 Å². The Morgan fingerprint density at radius 3 is 2.83 bits per heavy atom. The van der Waals surface area contributed by atoms with Crippen LogP contribution in [-0.4, -0.2) is 49.2 Å². The Labute approximate surface area is 169 Å². The average Bonchev–Trinajstić information content (AvgIpc) is 2.68. The second-order valence-electron chi connectivity index (χ2n) is 6.76. The third-order valence-electron chi connectivity index (χ3n) is 4.47. The van der Waals surface area contributed by atoms with E-state index in [0.717, 1.165) is 9.87 Å². The van der Waals surface area contributed by atoms with Crippen LogP contribution in [0, 0.1) is 6.92 Å². The summed E-state index contributed by atoms with van der Waals surface area (Å²) in [6.07, 6.45) is 2.52. The molecule has 0 spiro atoms. The smallest absolute Gasteiger partial charge is 0.265 e. The van der Waals surface area contributed by atoms with Crippen molar-refractivity contribution in [2.75, 3.05) is 18.9 Å². The first-order valence-electron chi connectivity index (χ1n) is 8.92. The zero-order valence-electron chi connectivity index (χ0n) is 16.3. The van der Waals surface area contributed by atoms with Crippen molar-refractivity contribution in [3.8, 4) is 5.75 Å². The van der Waals surface area contributed by atoms with Gasteiger partial charge in [-0.15, -0.1) is 0 Å². The van der Waals surface area contributed by atoms with E-state index in [0.29, 0.717) is 11.3 Å². The number of nitrogens with zero attached hydrogens (tertiary/aromatic N) is 2. The monoisotopic (exact) mass is 418 g/mol. The number of pyridine rings is 1. The lowest BCUT2D eigenvalue weighted by Crippen LogP contribution is -2.38. The Balaban J connectivity index is 1.73. The molecule has 1 aromatic carbocycles. The number of aryl methyl sites for hydroxylation is 1. The first-order valence-corrected chi connectivity index (χ1v) is 10.4. The van der Waals surface area contributed by atoms with Crippen molar-refractivity contribution in [1.82, 2.24) is 14.6 Å². The molecule has 0 saturated heterocycles. The largest absolute Gasteiger partial charge is 0.479 e. The number of hydrogen-bond donors (Lipinski definition) is 2. The van der Waals surface area contributed by atoms with Crippen molar-refractivity contribution in [1.29, 1.82) is 0 Å². The van der Waals surface area contributed by atoms with Crippen LogP contribution in [-0.2, 0) is 26.2 Å². The lowest BCUT2D eigenvalue weighted by Gasteiger charge is -2.25. The number of fused-ring (bicyclic) bond motifs is 1. The molecular weight excluding hydrogens is 396 g/mol. The molecule has 2 heterocycles. The van der Waals surface area contributed by atoms with Crippen molar-refractivity contribution in [3.63, 3.8) is 0 Å². The summed E-state index contributed by atoms with van der Waals surface area (Å²) in [6.45, 7) is 3.11. The quantitative estimate of drug-likeness (QED) is 0.724. The molecule has 0 fully saturated rings. The van der Waals surface area contributed by atoms with E-state index in [2.05, 4.69) is 15.6 Å². The number of rotatable bonds is 6. The molecule has 29 heavy (non-hydrogen) atoms. The summed E-state index contributed by atoms with van der Waals surface area (Å²) in [5, 5.41) is 5.35. The molecule has 1 atom stereocenters. The predicted molar refractivity (Wildman–Crippen MR) is 106 cm³/mol.